The van der Waals surface area contributed by atoms with Gasteiger partial charge in [0.1, 0.15) is 12.3 Å². The number of hydrogen-bond donors (Lipinski definition) is 2. The molecule has 1 aliphatic heterocycles. The maximum Gasteiger partial charge on any atom is 0.339 e. The van der Waals surface area contributed by atoms with Gasteiger partial charge in [0.05, 0.1) is 12.3 Å². The average Bonchev–Trinajstić information content (AvgIpc) is 2.92. The molecule has 10 heteroatoms. The number of imide groups is 2. The highest BCUT2D eigenvalue weighted by atomic mass is 16.5. The van der Waals surface area contributed by atoms with Gasteiger partial charge in [0.15, 0.2) is 0 Å². The summed E-state index contributed by atoms with van der Waals surface area (Å²) in [6, 6.07) is 11.7. The molecule has 0 aliphatic carbocycles. The third kappa shape index (κ3) is 4.69. The monoisotopic (exact) mass is 424 g/mol. The Morgan fingerprint density at radius 3 is 2.29 bits per heavy atom. The van der Waals surface area contributed by atoms with Gasteiger partial charge < -0.3 is 15.4 Å². The summed E-state index contributed by atoms with van der Waals surface area (Å²) in [5.41, 5.74) is 0.936. The summed E-state index contributed by atoms with van der Waals surface area (Å²) < 4.78 is 5.43. The zero-order valence-corrected chi connectivity index (χ0v) is 16.9. The molecule has 1 heterocycles. The van der Waals surface area contributed by atoms with Crippen molar-refractivity contribution in [1.82, 2.24) is 4.90 Å². The number of benzene rings is 2. The molecule has 31 heavy (non-hydrogen) atoms. The summed E-state index contributed by atoms with van der Waals surface area (Å²) in [7, 11) is 0. The molecule has 0 radical (unpaired) electrons. The molecule has 0 unspecified atom stereocenters. The highest BCUT2D eigenvalue weighted by molar-refractivity contribution is 6.53. The lowest BCUT2D eigenvalue weighted by atomic mass is 10.2. The second kappa shape index (κ2) is 9.08. The Morgan fingerprint density at radius 1 is 0.935 bits per heavy atom. The first-order valence-corrected chi connectivity index (χ1v) is 9.41. The zero-order valence-electron chi connectivity index (χ0n) is 16.9. The van der Waals surface area contributed by atoms with Gasteiger partial charge in [-0.2, -0.15) is 0 Å². The van der Waals surface area contributed by atoms with E-state index in [0.717, 1.165) is 0 Å². The minimum Gasteiger partial charge on any atom is -0.492 e. The van der Waals surface area contributed by atoms with E-state index in [2.05, 4.69) is 10.6 Å². The molecular formula is C21H20N4O6. The molecule has 160 valence electrons. The van der Waals surface area contributed by atoms with Crippen molar-refractivity contribution < 1.29 is 28.7 Å². The molecule has 2 aromatic rings. The van der Waals surface area contributed by atoms with Crippen molar-refractivity contribution in [3.8, 4) is 5.75 Å². The Hall–Kier alpha value is -4.21. The van der Waals surface area contributed by atoms with Crippen LogP contribution in [0.5, 0.6) is 5.75 Å². The molecule has 6 amide bonds. The van der Waals surface area contributed by atoms with Gasteiger partial charge in [0.2, 0.25) is 11.8 Å². The Balaban J connectivity index is 1.75. The molecular weight excluding hydrogens is 404 g/mol. The van der Waals surface area contributed by atoms with Gasteiger partial charge in [-0.15, -0.1) is 0 Å². The van der Waals surface area contributed by atoms with Crippen molar-refractivity contribution in [3.05, 3.63) is 48.5 Å². The fourth-order valence-electron chi connectivity index (χ4n) is 3.00. The average molecular weight is 424 g/mol. The Bertz CT molecular complexity index is 1070. The minimum atomic E-state index is -1.11. The van der Waals surface area contributed by atoms with Crippen LogP contribution in [-0.4, -0.2) is 47.7 Å². The van der Waals surface area contributed by atoms with Crippen LogP contribution in [0.25, 0.3) is 0 Å². The number of carbonyl (C=O) groups is 5. The molecule has 2 aromatic carbocycles. The number of hydrogen-bond acceptors (Lipinski definition) is 6. The van der Waals surface area contributed by atoms with E-state index >= 15 is 0 Å². The third-order valence-electron chi connectivity index (χ3n) is 4.23. The zero-order chi connectivity index (χ0) is 22.5. The minimum absolute atomic E-state index is 0.124. The van der Waals surface area contributed by atoms with Crippen LogP contribution in [0, 0.1) is 0 Å². The van der Waals surface area contributed by atoms with Crippen LogP contribution in [0.15, 0.2) is 48.5 Å². The van der Waals surface area contributed by atoms with E-state index in [1.54, 1.807) is 43.3 Å². The van der Waals surface area contributed by atoms with Crippen LogP contribution >= 0.6 is 0 Å². The smallest absolute Gasteiger partial charge is 0.339 e. The van der Waals surface area contributed by atoms with Crippen LogP contribution in [0.4, 0.5) is 21.9 Å². The van der Waals surface area contributed by atoms with Gasteiger partial charge in [-0.3, -0.25) is 19.2 Å². The van der Waals surface area contributed by atoms with Crippen LogP contribution in [0.1, 0.15) is 13.8 Å². The van der Waals surface area contributed by atoms with Gasteiger partial charge in [0.25, 0.3) is 0 Å². The fraction of sp³-hybridized carbons (Fsp3) is 0.190. The highest BCUT2D eigenvalue weighted by Crippen LogP contribution is 2.31. The van der Waals surface area contributed by atoms with Gasteiger partial charge in [0, 0.05) is 18.3 Å². The molecule has 0 saturated carbocycles. The second-order valence-electron chi connectivity index (χ2n) is 6.53. The molecule has 1 fully saturated rings. The van der Waals surface area contributed by atoms with Crippen molar-refractivity contribution in [3.63, 3.8) is 0 Å². The summed E-state index contributed by atoms with van der Waals surface area (Å²) in [6.07, 6.45) is 0. The van der Waals surface area contributed by atoms with Gasteiger partial charge in [-0.1, -0.05) is 18.2 Å². The van der Waals surface area contributed by atoms with Crippen LogP contribution < -0.4 is 20.3 Å². The van der Waals surface area contributed by atoms with Gasteiger partial charge in [-0.25, -0.2) is 14.6 Å². The van der Waals surface area contributed by atoms with Crippen molar-refractivity contribution in [2.45, 2.75) is 13.8 Å². The molecule has 0 spiro atoms. The normalized spacial score (nSPS) is 13.4. The lowest BCUT2D eigenvalue weighted by molar-refractivity contribution is -0.140. The number of ether oxygens (including phenoxy) is 1. The summed E-state index contributed by atoms with van der Waals surface area (Å²) in [5, 5.41) is 5.11. The lowest BCUT2D eigenvalue weighted by Crippen LogP contribution is -2.39. The standard InChI is InChI=1S/C21H20N4O6/c1-3-31-17-10-5-4-9-16(17)25-20(29)19(28)24(21(25)30)12-18(27)23-15-8-6-7-14(11-15)22-13(2)26/h4-11H,3,12H2,1-2H3,(H,22,26)(H,23,27). The summed E-state index contributed by atoms with van der Waals surface area (Å²) in [6.45, 7) is 2.74. The number of carbonyl (C=O) groups excluding carboxylic acids is 5. The van der Waals surface area contributed by atoms with Gasteiger partial charge >= 0.3 is 17.8 Å². The molecule has 0 bridgehead atoms. The van der Waals surface area contributed by atoms with Crippen LogP contribution in [0.3, 0.4) is 0 Å². The number of urea groups is 1. The highest BCUT2D eigenvalue weighted by Gasteiger charge is 2.47. The molecule has 3 rings (SSSR count). The van der Waals surface area contributed by atoms with E-state index < -0.39 is 30.3 Å². The maximum absolute atomic E-state index is 12.8. The first kappa shape index (κ1) is 21.5. The number of nitrogens with zero attached hydrogens (tertiary/aromatic N) is 2. The van der Waals surface area contributed by atoms with Crippen LogP contribution in [0.2, 0.25) is 0 Å². The molecule has 0 atom stereocenters. The summed E-state index contributed by atoms with van der Waals surface area (Å²) >= 11 is 0. The topological polar surface area (TPSA) is 125 Å². The Morgan fingerprint density at radius 2 is 1.61 bits per heavy atom. The predicted molar refractivity (Wildman–Crippen MR) is 112 cm³/mol. The van der Waals surface area contributed by atoms with E-state index in [-0.39, 0.29) is 17.3 Å². The number of anilines is 3. The molecule has 0 aromatic heterocycles. The Kier molecular flexibility index (Phi) is 6.29. The van der Waals surface area contributed by atoms with Crippen molar-refractivity contribution >= 4 is 46.7 Å². The quantitative estimate of drug-likeness (QED) is 0.517. The number of rotatable bonds is 7. The maximum atomic E-state index is 12.8. The molecule has 2 N–H and O–H groups in total. The lowest BCUT2D eigenvalue weighted by Gasteiger charge is -2.18. The van der Waals surface area contributed by atoms with E-state index in [0.29, 0.717) is 27.8 Å². The predicted octanol–water partition coefficient (Wildman–Crippen LogP) is 1.98. The fourth-order valence-corrected chi connectivity index (χ4v) is 3.00. The van der Waals surface area contributed by atoms with E-state index in [1.165, 1.54) is 19.1 Å². The van der Waals surface area contributed by atoms with E-state index in [9.17, 15) is 24.0 Å². The molecule has 10 nitrogen and oxygen atoms in total. The largest absolute Gasteiger partial charge is 0.492 e. The summed E-state index contributed by atoms with van der Waals surface area (Å²) in [5.74, 6) is -2.88. The van der Waals surface area contributed by atoms with Gasteiger partial charge in [-0.05, 0) is 37.3 Å². The van der Waals surface area contributed by atoms with Crippen LogP contribution in [-0.2, 0) is 19.2 Å². The molecule has 1 aliphatic rings. The molecule has 1 saturated heterocycles. The summed E-state index contributed by atoms with van der Waals surface area (Å²) in [4.78, 5) is 62.4. The van der Waals surface area contributed by atoms with Crippen molar-refractivity contribution in [2.24, 2.45) is 0 Å². The third-order valence-corrected chi connectivity index (χ3v) is 4.23. The second-order valence-corrected chi connectivity index (χ2v) is 6.53. The van der Waals surface area contributed by atoms with Crippen molar-refractivity contribution in [1.29, 1.82) is 0 Å². The number of nitrogens with one attached hydrogen (secondary N) is 2. The Labute approximate surface area is 177 Å². The first-order chi connectivity index (χ1) is 14.8. The SMILES string of the molecule is CCOc1ccccc1N1C(=O)C(=O)N(CC(=O)Nc2cccc(NC(C)=O)c2)C1=O. The van der Waals surface area contributed by atoms with E-state index in [1.807, 2.05) is 0 Å². The van der Waals surface area contributed by atoms with Crippen molar-refractivity contribution in [2.75, 3.05) is 28.7 Å². The first-order valence-electron chi connectivity index (χ1n) is 9.41. The van der Waals surface area contributed by atoms with E-state index in [4.69, 9.17) is 4.74 Å². The number of para-hydroxylation sites is 2. The number of amides is 6.